The Bertz CT molecular complexity index is 520. The lowest BCUT2D eigenvalue weighted by molar-refractivity contribution is 0.229. The molecule has 0 spiro atoms. The topological polar surface area (TPSA) is 75.4 Å². The Balaban J connectivity index is 1.88. The molecule has 5 nitrogen and oxygen atoms in total. The summed E-state index contributed by atoms with van der Waals surface area (Å²) in [5, 5.41) is 8.54. The van der Waals surface area contributed by atoms with Gasteiger partial charge in [-0.15, -0.1) is 0 Å². The van der Waals surface area contributed by atoms with E-state index in [0.29, 0.717) is 6.04 Å². The molecule has 0 unspecified atom stereocenters. The van der Waals surface area contributed by atoms with Crippen LogP contribution in [0, 0.1) is 0 Å². The average Bonchev–Trinajstić information content (AvgIpc) is 2.40. The van der Waals surface area contributed by atoms with Gasteiger partial charge in [0, 0.05) is 24.8 Å². The molecule has 0 radical (unpaired) electrons. The van der Waals surface area contributed by atoms with E-state index in [2.05, 4.69) is 17.1 Å². The van der Waals surface area contributed by atoms with Crippen LogP contribution in [0.4, 0.5) is 5.69 Å². The molecule has 1 aromatic rings. The molecule has 0 aromatic heterocycles. The summed E-state index contributed by atoms with van der Waals surface area (Å²) in [6.45, 7) is 5.59. The number of benzene rings is 1. The number of nitrogens with one attached hydrogen (secondary N) is 1. The lowest BCUT2D eigenvalue weighted by Gasteiger charge is -2.32. The quantitative estimate of drug-likeness (QED) is 0.861. The summed E-state index contributed by atoms with van der Waals surface area (Å²) in [6.07, 6.45) is 2.29. The summed E-state index contributed by atoms with van der Waals surface area (Å²) in [5.41, 5.74) is 1.76. The minimum Gasteiger partial charge on any atom is -0.382 e. The van der Waals surface area contributed by atoms with E-state index in [0.717, 1.165) is 43.7 Å². The molecule has 1 aliphatic rings. The number of primary sulfonamides is 1. The number of piperidine rings is 1. The number of rotatable bonds is 5. The lowest BCUT2D eigenvalue weighted by atomic mass is 10.0. The van der Waals surface area contributed by atoms with Crippen LogP contribution in [0.5, 0.6) is 0 Å². The number of hydrogen-bond donors (Lipinski definition) is 2. The second-order valence-electron chi connectivity index (χ2n) is 5.36. The van der Waals surface area contributed by atoms with Crippen molar-refractivity contribution in [2.24, 2.45) is 5.14 Å². The van der Waals surface area contributed by atoms with Crippen LogP contribution in [0.25, 0.3) is 0 Å². The highest BCUT2D eigenvalue weighted by Gasteiger charge is 2.17. The van der Waals surface area contributed by atoms with Gasteiger partial charge in [0.2, 0.25) is 10.0 Å². The Morgan fingerprint density at radius 3 is 2.35 bits per heavy atom. The maximum absolute atomic E-state index is 11.0. The molecule has 0 atom stereocenters. The smallest absolute Gasteiger partial charge is 0.213 e. The van der Waals surface area contributed by atoms with Crippen LogP contribution >= 0.6 is 0 Å². The number of sulfonamides is 1. The molecule has 0 amide bonds. The Hall–Kier alpha value is -1.11. The normalized spacial score (nSPS) is 18.1. The van der Waals surface area contributed by atoms with E-state index >= 15 is 0 Å². The van der Waals surface area contributed by atoms with Crippen LogP contribution in [0.1, 0.15) is 25.3 Å². The largest absolute Gasteiger partial charge is 0.382 e. The second-order valence-corrected chi connectivity index (χ2v) is 6.97. The van der Waals surface area contributed by atoms with Crippen molar-refractivity contribution in [3.05, 3.63) is 29.8 Å². The van der Waals surface area contributed by atoms with Gasteiger partial charge >= 0.3 is 0 Å². The zero-order valence-electron chi connectivity index (χ0n) is 11.9. The van der Waals surface area contributed by atoms with Gasteiger partial charge in [-0.25, -0.2) is 13.6 Å². The molecule has 1 saturated heterocycles. The minimum atomic E-state index is -3.45. The maximum Gasteiger partial charge on any atom is 0.213 e. The first-order chi connectivity index (χ1) is 9.46. The molecule has 20 heavy (non-hydrogen) atoms. The first kappa shape index (κ1) is 15.3. The molecule has 1 aromatic carbocycles. The van der Waals surface area contributed by atoms with Crippen molar-refractivity contribution in [1.29, 1.82) is 0 Å². The van der Waals surface area contributed by atoms with E-state index in [1.807, 2.05) is 24.3 Å². The van der Waals surface area contributed by atoms with Gasteiger partial charge in [-0.05, 0) is 37.1 Å². The molecule has 1 heterocycles. The van der Waals surface area contributed by atoms with Crippen LogP contribution in [0.3, 0.4) is 0 Å². The van der Waals surface area contributed by atoms with E-state index in [-0.39, 0.29) is 5.75 Å². The first-order valence-electron chi connectivity index (χ1n) is 7.04. The third kappa shape index (κ3) is 4.77. The molecule has 0 saturated carbocycles. The van der Waals surface area contributed by atoms with E-state index in [9.17, 15) is 8.42 Å². The van der Waals surface area contributed by atoms with Crippen LogP contribution in [0.2, 0.25) is 0 Å². The predicted molar refractivity (Wildman–Crippen MR) is 82.0 cm³/mol. The van der Waals surface area contributed by atoms with E-state index in [1.165, 1.54) is 0 Å². The van der Waals surface area contributed by atoms with Gasteiger partial charge in [0.25, 0.3) is 0 Å². The maximum atomic E-state index is 11.0. The third-order valence-corrected chi connectivity index (χ3v) is 4.46. The van der Waals surface area contributed by atoms with Crippen LogP contribution in [-0.2, 0) is 15.8 Å². The van der Waals surface area contributed by atoms with Gasteiger partial charge in [-0.2, -0.15) is 0 Å². The van der Waals surface area contributed by atoms with Crippen LogP contribution < -0.4 is 10.5 Å². The summed E-state index contributed by atoms with van der Waals surface area (Å²) >= 11 is 0. The Morgan fingerprint density at radius 2 is 1.85 bits per heavy atom. The third-order valence-electron chi connectivity index (χ3n) is 3.73. The number of nitrogens with zero attached hydrogens (tertiary/aromatic N) is 1. The van der Waals surface area contributed by atoms with Crippen molar-refractivity contribution < 1.29 is 8.42 Å². The Labute approximate surface area is 121 Å². The molecule has 112 valence electrons. The van der Waals surface area contributed by atoms with Gasteiger partial charge in [0.1, 0.15) is 0 Å². The van der Waals surface area contributed by atoms with Crippen molar-refractivity contribution in [2.45, 2.75) is 31.6 Å². The Kier molecular flexibility index (Phi) is 5.01. The summed E-state index contributed by atoms with van der Waals surface area (Å²) in [4.78, 5) is 2.45. The van der Waals surface area contributed by atoms with E-state index < -0.39 is 10.0 Å². The highest BCUT2D eigenvalue weighted by Crippen LogP contribution is 2.17. The summed E-state index contributed by atoms with van der Waals surface area (Å²) in [6, 6.07) is 7.98. The van der Waals surface area contributed by atoms with Crippen molar-refractivity contribution in [1.82, 2.24) is 4.90 Å². The fraction of sp³-hybridized carbons (Fsp3) is 0.571. The molecular formula is C14H23N3O2S. The van der Waals surface area contributed by atoms with Gasteiger partial charge in [0.05, 0.1) is 5.75 Å². The molecular weight excluding hydrogens is 274 g/mol. The second kappa shape index (κ2) is 6.56. The van der Waals surface area contributed by atoms with Gasteiger partial charge in [0.15, 0.2) is 0 Å². The summed E-state index contributed by atoms with van der Waals surface area (Å²) in [7, 11) is -3.45. The average molecular weight is 297 g/mol. The lowest BCUT2D eigenvalue weighted by Crippen LogP contribution is -2.38. The zero-order chi connectivity index (χ0) is 14.6. The van der Waals surface area contributed by atoms with Crippen molar-refractivity contribution >= 4 is 15.7 Å². The minimum absolute atomic E-state index is 0.109. The molecule has 6 heteroatoms. The standard InChI is InChI=1S/C14H23N3O2S/c1-2-17-9-7-14(8-10-17)16-13-5-3-12(4-6-13)11-20(15,18)19/h3-6,14,16H,2,7-11H2,1H3,(H2,15,18,19). The van der Waals surface area contributed by atoms with Crippen LogP contribution in [0.15, 0.2) is 24.3 Å². The summed E-state index contributed by atoms with van der Waals surface area (Å²) < 4.78 is 22.0. The fourth-order valence-corrected chi connectivity index (χ4v) is 3.22. The zero-order valence-corrected chi connectivity index (χ0v) is 12.7. The van der Waals surface area contributed by atoms with Gasteiger partial charge in [-0.1, -0.05) is 19.1 Å². The first-order valence-corrected chi connectivity index (χ1v) is 8.76. The molecule has 1 aliphatic heterocycles. The monoisotopic (exact) mass is 297 g/mol. The summed E-state index contributed by atoms with van der Waals surface area (Å²) in [5.74, 6) is -0.109. The molecule has 2 rings (SSSR count). The fourth-order valence-electron chi connectivity index (χ4n) is 2.56. The number of anilines is 1. The number of nitrogens with two attached hydrogens (primary N) is 1. The molecule has 3 N–H and O–H groups in total. The van der Waals surface area contributed by atoms with Crippen molar-refractivity contribution in [3.63, 3.8) is 0 Å². The number of likely N-dealkylation sites (tertiary alicyclic amines) is 1. The molecule has 0 aliphatic carbocycles. The van der Waals surface area contributed by atoms with E-state index in [4.69, 9.17) is 5.14 Å². The predicted octanol–water partition coefficient (Wildman–Crippen LogP) is 1.37. The molecule has 0 bridgehead atoms. The van der Waals surface area contributed by atoms with E-state index in [1.54, 1.807) is 0 Å². The highest BCUT2D eigenvalue weighted by atomic mass is 32.2. The number of hydrogen-bond acceptors (Lipinski definition) is 4. The van der Waals surface area contributed by atoms with Crippen molar-refractivity contribution in [3.8, 4) is 0 Å². The van der Waals surface area contributed by atoms with Gasteiger partial charge in [-0.3, -0.25) is 0 Å². The van der Waals surface area contributed by atoms with Gasteiger partial charge < -0.3 is 10.2 Å². The van der Waals surface area contributed by atoms with Crippen molar-refractivity contribution in [2.75, 3.05) is 25.0 Å². The van der Waals surface area contributed by atoms with Crippen LogP contribution in [-0.4, -0.2) is 39.0 Å². The Morgan fingerprint density at radius 1 is 1.25 bits per heavy atom. The SMILES string of the molecule is CCN1CCC(Nc2ccc(CS(N)(=O)=O)cc2)CC1. The highest BCUT2D eigenvalue weighted by molar-refractivity contribution is 7.88. The molecule has 1 fully saturated rings.